The van der Waals surface area contributed by atoms with E-state index < -0.39 is 10.0 Å². The zero-order valence-electron chi connectivity index (χ0n) is 14.1. The number of hydrogen-bond donors (Lipinski definition) is 2. The van der Waals surface area contributed by atoms with Crippen LogP contribution in [0.4, 0.5) is 11.4 Å². The Balaban J connectivity index is 1.74. The molecule has 0 bridgehead atoms. The minimum absolute atomic E-state index is 0.0331. The van der Waals surface area contributed by atoms with Crippen molar-refractivity contribution in [2.45, 2.75) is 4.90 Å². The van der Waals surface area contributed by atoms with Gasteiger partial charge in [0, 0.05) is 19.8 Å². The van der Waals surface area contributed by atoms with Gasteiger partial charge in [0.25, 0.3) is 15.9 Å². The molecule has 0 aliphatic heterocycles. The fourth-order valence-electron chi connectivity index (χ4n) is 2.30. The third kappa shape index (κ3) is 5.16. The summed E-state index contributed by atoms with van der Waals surface area (Å²) in [6, 6.07) is 17.4. The van der Waals surface area contributed by atoms with E-state index in [0.29, 0.717) is 16.3 Å². The third-order valence-corrected chi connectivity index (χ3v) is 6.35. The summed E-state index contributed by atoms with van der Waals surface area (Å²) in [6.45, 7) is 0. The number of nitrogens with one attached hydrogen (secondary N) is 2. The monoisotopic (exact) mass is 546 g/mol. The second-order valence-electron chi connectivity index (χ2n) is 5.72. The molecule has 0 aromatic heterocycles. The number of hydrogen-bond acceptors (Lipinski definition) is 3. The summed E-state index contributed by atoms with van der Waals surface area (Å²) in [7, 11) is -3.84. The van der Waals surface area contributed by atoms with Gasteiger partial charge in [-0.25, -0.2) is 8.42 Å². The average Bonchev–Trinajstić information content (AvgIpc) is 2.65. The van der Waals surface area contributed by atoms with Crippen LogP contribution >= 0.6 is 45.8 Å². The van der Waals surface area contributed by atoms with Gasteiger partial charge in [0.1, 0.15) is 0 Å². The Morgan fingerprint density at radius 3 is 2.14 bits per heavy atom. The van der Waals surface area contributed by atoms with E-state index in [0.717, 1.165) is 3.57 Å². The molecular formula is C19H13Cl2IN2O3S. The van der Waals surface area contributed by atoms with Crippen LogP contribution in [0.2, 0.25) is 10.0 Å². The largest absolute Gasteiger partial charge is 0.322 e. The minimum Gasteiger partial charge on any atom is -0.322 e. The lowest BCUT2D eigenvalue weighted by atomic mass is 10.2. The smallest absolute Gasteiger partial charge is 0.261 e. The van der Waals surface area contributed by atoms with E-state index in [2.05, 4.69) is 32.6 Å². The molecule has 0 radical (unpaired) electrons. The third-order valence-electron chi connectivity index (χ3n) is 3.70. The standard InChI is InChI=1S/C19H13Cl2IN2O3S/c20-13-3-10-18(17(21)11-13)24-28(26,27)16-8-6-15(7-9-16)23-19(25)12-1-4-14(22)5-2-12/h1-11,24H,(H,23,25). The van der Waals surface area contributed by atoms with Crippen molar-refractivity contribution >= 4 is 73.1 Å². The number of benzene rings is 3. The molecule has 0 aliphatic carbocycles. The van der Waals surface area contributed by atoms with Gasteiger partial charge in [-0.05, 0) is 89.3 Å². The highest BCUT2D eigenvalue weighted by Gasteiger charge is 2.16. The molecule has 0 saturated carbocycles. The maximum Gasteiger partial charge on any atom is 0.261 e. The molecule has 0 spiro atoms. The number of amides is 1. The summed E-state index contributed by atoms with van der Waals surface area (Å²) in [5.41, 5.74) is 1.21. The van der Waals surface area contributed by atoms with Gasteiger partial charge in [0.15, 0.2) is 0 Å². The molecule has 9 heteroatoms. The molecule has 0 saturated heterocycles. The van der Waals surface area contributed by atoms with Crippen molar-refractivity contribution in [2.24, 2.45) is 0 Å². The molecule has 0 aliphatic rings. The highest BCUT2D eigenvalue weighted by molar-refractivity contribution is 14.1. The van der Waals surface area contributed by atoms with Crippen LogP contribution in [0.5, 0.6) is 0 Å². The molecule has 3 aromatic carbocycles. The van der Waals surface area contributed by atoms with Crippen LogP contribution in [0.3, 0.4) is 0 Å². The predicted molar refractivity (Wildman–Crippen MR) is 121 cm³/mol. The number of sulfonamides is 1. The van der Waals surface area contributed by atoms with Crippen LogP contribution in [-0.2, 0) is 10.0 Å². The van der Waals surface area contributed by atoms with E-state index in [-0.39, 0.29) is 21.5 Å². The predicted octanol–water partition coefficient (Wildman–Crippen LogP) is 5.65. The average molecular weight is 547 g/mol. The Morgan fingerprint density at radius 2 is 1.54 bits per heavy atom. The second-order valence-corrected chi connectivity index (χ2v) is 9.49. The lowest BCUT2D eigenvalue weighted by Gasteiger charge is -2.11. The Kier molecular flexibility index (Phi) is 6.49. The Hall–Kier alpha value is -1.81. The number of halogens is 3. The first kappa shape index (κ1) is 20.9. The van der Waals surface area contributed by atoms with Gasteiger partial charge in [0.2, 0.25) is 0 Å². The summed E-state index contributed by atoms with van der Waals surface area (Å²) in [5, 5.41) is 3.32. The highest BCUT2D eigenvalue weighted by atomic mass is 127. The molecule has 144 valence electrons. The molecule has 2 N–H and O–H groups in total. The van der Waals surface area contributed by atoms with Crippen LogP contribution < -0.4 is 10.0 Å². The first-order chi connectivity index (χ1) is 13.2. The number of rotatable bonds is 5. The van der Waals surface area contributed by atoms with Crippen molar-refractivity contribution in [1.29, 1.82) is 0 Å². The van der Waals surface area contributed by atoms with Crippen LogP contribution in [0.25, 0.3) is 0 Å². The molecule has 28 heavy (non-hydrogen) atoms. The van der Waals surface area contributed by atoms with E-state index in [1.165, 1.54) is 42.5 Å². The number of anilines is 2. The van der Waals surface area contributed by atoms with E-state index in [4.69, 9.17) is 23.2 Å². The van der Waals surface area contributed by atoms with Crippen LogP contribution in [0, 0.1) is 3.57 Å². The molecule has 1 amide bonds. The van der Waals surface area contributed by atoms with Gasteiger partial charge in [-0.3, -0.25) is 9.52 Å². The molecule has 5 nitrogen and oxygen atoms in total. The molecule has 3 rings (SSSR count). The summed E-state index contributed by atoms with van der Waals surface area (Å²) in [6.07, 6.45) is 0. The zero-order chi connectivity index (χ0) is 20.3. The van der Waals surface area contributed by atoms with Crippen LogP contribution in [0.15, 0.2) is 71.6 Å². The molecule has 0 heterocycles. The van der Waals surface area contributed by atoms with Gasteiger partial charge in [-0.2, -0.15) is 0 Å². The maximum atomic E-state index is 12.5. The lowest BCUT2D eigenvalue weighted by Crippen LogP contribution is -2.14. The normalized spacial score (nSPS) is 11.1. The quantitative estimate of drug-likeness (QED) is 0.406. The zero-order valence-corrected chi connectivity index (χ0v) is 18.6. The second kappa shape index (κ2) is 8.69. The molecule has 0 atom stereocenters. The van der Waals surface area contributed by atoms with E-state index >= 15 is 0 Å². The van der Waals surface area contributed by atoms with Gasteiger partial charge in [-0.15, -0.1) is 0 Å². The van der Waals surface area contributed by atoms with Gasteiger partial charge >= 0.3 is 0 Å². The minimum atomic E-state index is -3.84. The molecular weight excluding hydrogens is 534 g/mol. The van der Waals surface area contributed by atoms with Crippen molar-refractivity contribution in [2.75, 3.05) is 10.0 Å². The van der Waals surface area contributed by atoms with Crippen LogP contribution in [0.1, 0.15) is 10.4 Å². The Labute approximate surface area is 186 Å². The van der Waals surface area contributed by atoms with Crippen LogP contribution in [-0.4, -0.2) is 14.3 Å². The first-order valence-electron chi connectivity index (χ1n) is 7.89. The topological polar surface area (TPSA) is 75.3 Å². The van der Waals surface area contributed by atoms with E-state index in [9.17, 15) is 13.2 Å². The Morgan fingerprint density at radius 1 is 0.893 bits per heavy atom. The lowest BCUT2D eigenvalue weighted by molar-refractivity contribution is 0.102. The van der Waals surface area contributed by atoms with Gasteiger partial charge in [0.05, 0.1) is 15.6 Å². The van der Waals surface area contributed by atoms with Gasteiger partial charge in [-0.1, -0.05) is 23.2 Å². The Bertz CT molecular complexity index is 1120. The van der Waals surface area contributed by atoms with E-state index in [1.54, 1.807) is 12.1 Å². The highest BCUT2D eigenvalue weighted by Crippen LogP contribution is 2.28. The SMILES string of the molecule is O=C(Nc1ccc(S(=O)(=O)Nc2ccc(Cl)cc2Cl)cc1)c1ccc(I)cc1. The summed E-state index contributed by atoms with van der Waals surface area (Å²) < 4.78 is 28.5. The molecule has 0 fully saturated rings. The fourth-order valence-corrected chi connectivity index (χ4v) is 4.25. The number of carbonyl (C=O) groups excluding carboxylic acids is 1. The van der Waals surface area contributed by atoms with Crippen molar-refractivity contribution in [3.05, 3.63) is 85.9 Å². The fraction of sp³-hybridized carbons (Fsp3) is 0. The number of carbonyl (C=O) groups is 1. The molecule has 0 unspecified atom stereocenters. The summed E-state index contributed by atoms with van der Waals surface area (Å²) in [5.74, 6) is -0.280. The van der Waals surface area contributed by atoms with Crippen molar-refractivity contribution in [3.63, 3.8) is 0 Å². The summed E-state index contributed by atoms with van der Waals surface area (Å²) in [4.78, 5) is 12.3. The molecule has 3 aromatic rings. The van der Waals surface area contributed by atoms with Crippen molar-refractivity contribution in [1.82, 2.24) is 0 Å². The van der Waals surface area contributed by atoms with Crippen molar-refractivity contribution in [3.8, 4) is 0 Å². The van der Waals surface area contributed by atoms with E-state index in [1.807, 2.05) is 12.1 Å². The summed E-state index contributed by atoms with van der Waals surface area (Å²) >= 11 is 14.0. The maximum absolute atomic E-state index is 12.5. The first-order valence-corrected chi connectivity index (χ1v) is 11.2. The van der Waals surface area contributed by atoms with Crippen molar-refractivity contribution < 1.29 is 13.2 Å². The van der Waals surface area contributed by atoms with Gasteiger partial charge < -0.3 is 5.32 Å².